The summed E-state index contributed by atoms with van der Waals surface area (Å²) in [5, 5.41) is 11.8. The molecule has 168 valence electrons. The fourth-order valence-electron chi connectivity index (χ4n) is 4.14. The van der Waals surface area contributed by atoms with Crippen molar-refractivity contribution in [1.82, 2.24) is 19.4 Å². The smallest absolute Gasteiger partial charge is 0.320 e. The van der Waals surface area contributed by atoms with Gasteiger partial charge in [0.1, 0.15) is 5.01 Å². The van der Waals surface area contributed by atoms with Crippen LogP contribution in [0.15, 0.2) is 29.6 Å². The first-order valence-electron chi connectivity index (χ1n) is 10.4. The predicted octanol–water partition coefficient (Wildman–Crippen LogP) is 4.41. The first-order chi connectivity index (χ1) is 15.3. The van der Waals surface area contributed by atoms with Crippen molar-refractivity contribution in [3.05, 3.63) is 46.2 Å². The number of alkyl halides is 3. The number of para-hydroxylation sites is 2. The molecule has 32 heavy (non-hydrogen) atoms. The standard InChI is InChI=1S/C22H22F3N5OS/c1-14-13-32-20(27-14)16(10-26)19(31)12-29-8-6-15(7-9-29)11-30-18-5-3-2-4-17(18)28-21(30)22(23,24)25/h2-5,13,15-16H,6-9,11-12H2,1H3. The Morgan fingerprint density at radius 3 is 2.62 bits per heavy atom. The van der Waals surface area contributed by atoms with E-state index in [0.29, 0.717) is 42.0 Å². The molecule has 0 N–H and O–H groups in total. The molecule has 1 fully saturated rings. The van der Waals surface area contributed by atoms with E-state index in [2.05, 4.69) is 16.0 Å². The molecular weight excluding hydrogens is 439 g/mol. The SMILES string of the molecule is Cc1csc(C(C#N)C(=O)CN2CCC(Cn3c(C(F)(F)F)nc4ccccc43)CC2)n1. The number of fused-ring (bicyclic) bond motifs is 1. The van der Waals surface area contributed by atoms with Crippen LogP contribution in [0.25, 0.3) is 11.0 Å². The number of Topliss-reactive ketones (excluding diaryl/α,β-unsaturated/α-hetero) is 1. The quantitative estimate of drug-likeness (QED) is 0.544. The maximum Gasteiger partial charge on any atom is 0.449 e. The van der Waals surface area contributed by atoms with Gasteiger partial charge in [-0.3, -0.25) is 9.69 Å². The number of carbonyl (C=O) groups is 1. The molecule has 0 bridgehead atoms. The van der Waals surface area contributed by atoms with Crippen LogP contribution in [-0.4, -0.2) is 44.9 Å². The number of piperidine rings is 1. The van der Waals surface area contributed by atoms with Crippen molar-refractivity contribution in [2.45, 2.75) is 38.4 Å². The highest BCUT2D eigenvalue weighted by Gasteiger charge is 2.38. The Morgan fingerprint density at radius 1 is 1.28 bits per heavy atom. The summed E-state index contributed by atoms with van der Waals surface area (Å²) in [5.41, 5.74) is 1.60. The zero-order valence-corrected chi connectivity index (χ0v) is 18.3. The van der Waals surface area contributed by atoms with Crippen LogP contribution in [0.4, 0.5) is 13.2 Å². The van der Waals surface area contributed by atoms with Gasteiger partial charge in [0.15, 0.2) is 11.7 Å². The van der Waals surface area contributed by atoms with Crippen molar-refractivity contribution < 1.29 is 18.0 Å². The molecule has 0 amide bonds. The second-order valence-electron chi connectivity index (χ2n) is 8.11. The number of benzene rings is 1. The van der Waals surface area contributed by atoms with Crippen molar-refractivity contribution in [3.8, 4) is 6.07 Å². The largest absolute Gasteiger partial charge is 0.449 e. The number of hydrogen-bond acceptors (Lipinski definition) is 6. The van der Waals surface area contributed by atoms with Gasteiger partial charge < -0.3 is 4.57 Å². The van der Waals surface area contributed by atoms with Crippen LogP contribution in [0, 0.1) is 24.2 Å². The van der Waals surface area contributed by atoms with Crippen LogP contribution in [-0.2, 0) is 17.5 Å². The first kappa shape index (κ1) is 22.4. The lowest BCUT2D eigenvalue weighted by Crippen LogP contribution is -2.39. The zero-order valence-electron chi connectivity index (χ0n) is 17.5. The predicted molar refractivity (Wildman–Crippen MR) is 114 cm³/mol. The summed E-state index contributed by atoms with van der Waals surface area (Å²) >= 11 is 1.31. The second-order valence-corrected chi connectivity index (χ2v) is 9.00. The van der Waals surface area contributed by atoms with Gasteiger partial charge in [-0.15, -0.1) is 11.3 Å². The minimum absolute atomic E-state index is 0.0495. The molecule has 1 atom stereocenters. The van der Waals surface area contributed by atoms with Crippen LogP contribution < -0.4 is 0 Å². The van der Waals surface area contributed by atoms with E-state index in [9.17, 15) is 23.2 Å². The van der Waals surface area contributed by atoms with Gasteiger partial charge in [-0.05, 0) is 50.9 Å². The van der Waals surface area contributed by atoms with Crippen LogP contribution in [0.3, 0.4) is 0 Å². The van der Waals surface area contributed by atoms with Crippen molar-refractivity contribution in [3.63, 3.8) is 0 Å². The highest BCUT2D eigenvalue weighted by molar-refractivity contribution is 7.09. The van der Waals surface area contributed by atoms with Crippen molar-refractivity contribution in [2.75, 3.05) is 19.6 Å². The second kappa shape index (κ2) is 9.00. The monoisotopic (exact) mass is 461 g/mol. The Kier molecular flexibility index (Phi) is 6.31. The third-order valence-corrected chi connectivity index (χ3v) is 6.80. The molecule has 1 saturated heterocycles. The molecule has 0 saturated carbocycles. The van der Waals surface area contributed by atoms with E-state index in [4.69, 9.17) is 0 Å². The number of hydrogen-bond donors (Lipinski definition) is 0. The number of thiazole rings is 1. The summed E-state index contributed by atoms with van der Waals surface area (Å²) in [7, 11) is 0. The Balaban J connectivity index is 1.40. The van der Waals surface area contributed by atoms with Gasteiger partial charge in [0, 0.05) is 17.6 Å². The van der Waals surface area contributed by atoms with Gasteiger partial charge in [0.2, 0.25) is 5.82 Å². The summed E-state index contributed by atoms with van der Waals surface area (Å²) in [5.74, 6) is -1.89. The third kappa shape index (κ3) is 4.69. The van der Waals surface area contributed by atoms with Crippen LogP contribution in [0.5, 0.6) is 0 Å². The topological polar surface area (TPSA) is 74.8 Å². The average Bonchev–Trinajstić information content (AvgIpc) is 3.34. The number of nitrogens with zero attached hydrogens (tertiary/aromatic N) is 5. The summed E-state index contributed by atoms with van der Waals surface area (Å²) in [6.45, 7) is 3.39. The third-order valence-electron chi connectivity index (χ3n) is 5.77. The highest BCUT2D eigenvalue weighted by Crippen LogP contribution is 2.33. The zero-order chi connectivity index (χ0) is 22.9. The lowest BCUT2D eigenvalue weighted by Gasteiger charge is -2.32. The highest BCUT2D eigenvalue weighted by atomic mass is 32.1. The maximum absolute atomic E-state index is 13.5. The summed E-state index contributed by atoms with van der Waals surface area (Å²) in [6, 6.07) is 8.69. The van der Waals surface area contributed by atoms with Crippen LogP contribution in [0.1, 0.15) is 35.3 Å². The van der Waals surface area contributed by atoms with E-state index < -0.39 is 17.9 Å². The lowest BCUT2D eigenvalue weighted by atomic mass is 9.95. The number of nitriles is 1. The van der Waals surface area contributed by atoms with Gasteiger partial charge in [0.05, 0.1) is 23.6 Å². The van der Waals surface area contributed by atoms with Crippen LogP contribution in [0.2, 0.25) is 0 Å². The molecule has 0 radical (unpaired) electrons. The lowest BCUT2D eigenvalue weighted by molar-refractivity contribution is -0.147. The number of carbonyl (C=O) groups excluding carboxylic acids is 1. The summed E-state index contributed by atoms with van der Waals surface area (Å²) < 4.78 is 41.9. The molecular formula is C22H22F3N5OS. The van der Waals surface area contributed by atoms with E-state index in [1.54, 1.807) is 24.3 Å². The van der Waals surface area contributed by atoms with Gasteiger partial charge in [0.25, 0.3) is 0 Å². The van der Waals surface area contributed by atoms with Gasteiger partial charge in [-0.25, -0.2) is 9.97 Å². The number of aryl methyl sites for hydroxylation is 1. The molecule has 1 aliphatic rings. The molecule has 0 aliphatic carbocycles. The van der Waals surface area contributed by atoms with Crippen LogP contribution >= 0.6 is 11.3 Å². The molecule has 1 aliphatic heterocycles. The number of halogens is 3. The van der Waals surface area contributed by atoms with Crippen molar-refractivity contribution >= 4 is 28.2 Å². The maximum atomic E-state index is 13.5. The fraction of sp³-hybridized carbons (Fsp3) is 0.455. The summed E-state index contributed by atoms with van der Waals surface area (Å²) in [4.78, 5) is 22.7. The molecule has 6 nitrogen and oxygen atoms in total. The Labute approximate surface area is 187 Å². The number of imidazole rings is 1. The van der Waals surface area contributed by atoms with Gasteiger partial charge >= 0.3 is 6.18 Å². The molecule has 0 spiro atoms. The molecule has 1 unspecified atom stereocenters. The fourth-order valence-corrected chi connectivity index (χ4v) is 5.00. The number of ketones is 1. The molecule has 3 heterocycles. The average molecular weight is 462 g/mol. The minimum atomic E-state index is -4.52. The Bertz CT molecular complexity index is 1150. The number of likely N-dealkylation sites (tertiary alicyclic amines) is 1. The Hall–Kier alpha value is -2.77. The molecule has 1 aromatic carbocycles. The van der Waals surface area contributed by atoms with E-state index in [-0.39, 0.29) is 24.8 Å². The molecule has 3 aromatic rings. The van der Waals surface area contributed by atoms with Gasteiger partial charge in [-0.1, -0.05) is 12.1 Å². The van der Waals surface area contributed by atoms with Gasteiger partial charge in [-0.2, -0.15) is 18.4 Å². The normalized spacial score (nSPS) is 16.8. The summed E-state index contributed by atoms with van der Waals surface area (Å²) in [6.07, 6.45) is -3.18. The first-order valence-corrected chi connectivity index (χ1v) is 11.2. The molecule has 2 aromatic heterocycles. The molecule has 10 heteroatoms. The van der Waals surface area contributed by atoms with E-state index in [1.807, 2.05) is 17.2 Å². The van der Waals surface area contributed by atoms with E-state index >= 15 is 0 Å². The van der Waals surface area contributed by atoms with Crippen molar-refractivity contribution in [2.24, 2.45) is 5.92 Å². The number of rotatable bonds is 6. The van der Waals surface area contributed by atoms with E-state index in [1.165, 1.54) is 15.9 Å². The molecule has 4 rings (SSSR count). The number of aromatic nitrogens is 3. The van der Waals surface area contributed by atoms with Crippen molar-refractivity contribution in [1.29, 1.82) is 5.26 Å². The Morgan fingerprint density at radius 2 is 2.00 bits per heavy atom. The minimum Gasteiger partial charge on any atom is -0.320 e. The van der Waals surface area contributed by atoms with E-state index in [0.717, 1.165) is 5.69 Å².